The van der Waals surface area contributed by atoms with Gasteiger partial charge in [0.05, 0.1) is 22.6 Å². The van der Waals surface area contributed by atoms with E-state index < -0.39 is 11.7 Å². The number of hydrogen-bond acceptors (Lipinski definition) is 4. The maximum atomic E-state index is 12.7. The molecule has 2 aromatic rings. The molecule has 8 heteroatoms. The lowest BCUT2D eigenvalue weighted by molar-refractivity contribution is -0.137. The summed E-state index contributed by atoms with van der Waals surface area (Å²) >= 11 is 0. The standard InChI is InChI=1S/C16H11F3N4O/c17-16(18,19)10-5-7-11(8-6-10)22-15(24)14-9-20-12-3-1-2-4-13(12)23(14)21-22/h1-9,20-21H. The van der Waals surface area contributed by atoms with E-state index in [1.54, 1.807) is 11.2 Å². The second-order valence-electron chi connectivity index (χ2n) is 5.31. The fraction of sp³-hybridized carbons (Fsp3) is 0.0625. The fourth-order valence-corrected chi connectivity index (χ4v) is 2.63. The minimum absolute atomic E-state index is 0.320. The summed E-state index contributed by atoms with van der Waals surface area (Å²) in [4.78, 5) is 12.5. The van der Waals surface area contributed by atoms with Crippen LogP contribution in [0.15, 0.2) is 60.4 Å². The molecule has 2 heterocycles. The number of fused-ring (bicyclic) bond motifs is 3. The predicted octanol–water partition coefficient (Wildman–Crippen LogP) is 3.25. The molecule has 0 bridgehead atoms. The van der Waals surface area contributed by atoms with Crippen molar-refractivity contribution < 1.29 is 18.0 Å². The number of carbonyl (C=O) groups excluding carboxylic acids is 1. The second kappa shape index (κ2) is 5.00. The highest BCUT2D eigenvalue weighted by atomic mass is 19.4. The van der Waals surface area contributed by atoms with E-state index in [0.717, 1.165) is 23.5 Å². The van der Waals surface area contributed by atoms with Gasteiger partial charge in [0, 0.05) is 6.20 Å². The van der Waals surface area contributed by atoms with Gasteiger partial charge in [-0.25, -0.2) is 10.0 Å². The normalized spacial score (nSPS) is 16.5. The van der Waals surface area contributed by atoms with Crippen molar-refractivity contribution in [3.63, 3.8) is 0 Å². The molecule has 4 rings (SSSR count). The summed E-state index contributed by atoms with van der Waals surface area (Å²) in [6.45, 7) is 0. The van der Waals surface area contributed by atoms with Gasteiger partial charge in [-0.05, 0) is 36.4 Å². The quantitative estimate of drug-likeness (QED) is 0.842. The first kappa shape index (κ1) is 14.6. The van der Waals surface area contributed by atoms with Gasteiger partial charge < -0.3 is 5.32 Å². The van der Waals surface area contributed by atoms with E-state index in [-0.39, 0.29) is 5.91 Å². The molecule has 0 radical (unpaired) electrons. The van der Waals surface area contributed by atoms with Gasteiger partial charge in [0.15, 0.2) is 0 Å². The molecule has 0 atom stereocenters. The summed E-state index contributed by atoms with van der Waals surface area (Å²) in [6.07, 6.45) is -2.86. The topological polar surface area (TPSA) is 47.6 Å². The van der Waals surface area contributed by atoms with Crippen LogP contribution in [-0.2, 0) is 11.0 Å². The van der Waals surface area contributed by atoms with Crippen molar-refractivity contribution >= 4 is 23.0 Å². The minimum Gasteiger partial charge on any atom is -0.358 e. The van der Waals surface area contributed by atoms with Gasteiger partial charge >= 0.3 is 6.18 Å². The average Bonchev–Trinajstić information content (AvgIpc) is 2.92. The number of anilines is 3. The van der Waals surface area contributed by atoms with Crippen LogP contribution in [0.4, 0.5) is 30.2 Å². The Morgan fingerprint density at radius 2 is 1.62 bits per heavy atom. The zero-order valence-corrected chi connectivity index (χ0v) is 12.1. The number of rotatable bonds is 1. The Bertz CT molecular complexity index is 845. The van der Waals surface area contributed by atoms with E-state index >= 15 is 0 Å². The monoisotopic (exact) mass is 332 g/mol. The molecule has 2 aliphatic rings. The first-order chi connectivity index (χ1) is 11.4. The zero-order chi connectivity index (χ0) is 16.9. The molecule has 122 valence electrons. The molecule has 0 saturated carbocycles. The van der Waals surface area contributed by atoms with E-state index in [1.165, 1.54) is 17.1 Å². The Balaban J connectivity index is 1.66. The lowest BCUT2D eigenvalue weighted by atomic mass is 10.2. The number of hydrazine groups is 2. The molecule has 24 heavy (non-hydrogen) atoms. The Hall–Kier alpha value is -3.00. The highest BCUT2D eigenvalue weighted by molar-refractivity contribution is 6.11. The van der Waals surface area contributed by atoms with Crippen LogP contribution < -0.4 is 20.9 Å². The van der Waals surface area contributed by atoms with Crippen LogP contribution in [0.2, 0.25) is 0 Å². The Morgan fingerprint density at radius 3 is 2.33 bits per heavy atom. The largest absolute Gasteiger partial charge is 0.416 e. The number of hydrogen-bond donors (Lipinski definition) is 2. The molecular weight excluding hydrogens is 321 g/mol. The van der Waals surface area contributed by atoms with Crippen molar-refractivity contribution in [3.05, 3.63) is 66.0 Å². The van der Waals surface area contributed by atoms with Crippen molar-refractivity contribution in [2.24, 2.45) is 0 Å². The third-order valence-corrected chi connectivity index (χ3v) is 3.83. The van der Waals surface area contributed by atoms with Crippen molar-refractivity contribution in [3.8, 4) is 0 Å². The van der Waals surface area contributed by atoms with Crippen LogP contribution in [0.5, 0.6) is 0 Å². The van der Waals surface area contributed by atoms with Gasteiger partial charge in [0.25, 0.3) is 5.91 Å². The van der Waals surface area contributed by atoms with E-state index in [4.69, 9.17) is 0 Å². The molecular formula is C16H11F3N4O. The van der Waals surface area contributed by atoms with Crippen LogP contribution >= 0.6 is 0 Å². The molecule has 0 aromatic heterocycles. The van der Waals surface area contributed by atoms with Gasteiger partial charge in [0.2, 0.25) is 0 Å². The Morgan fingerprint density at radius 1 is 0.917 bits per heavy atom. The third-order valence-electron chi connectivity index (χ3n) is 3.83. The van der Waals surface area contributed by atoms with Crippen LogP contribution in [-0.4, -0.2) is 5.91 Å². The molecule has 1 amide bonds. The molecule has 5 nitrogen and oxygen atoms in total. The zero-order valence-electron chi connectivity index (χ0n) is 12.1. The summed E-state index contributed by atoms with van der Waals surface area (Å²) < 4.78 is 38.0. The maximum Gasteiger partial charge on any atom is 0.416 e. The van der Waals surface area contributed by atoms with Crippen molar-refractivity contribution in [1.29, 1.82) is 0 Å². The molecule has 2 N–H and O–H groups in total. The highest BCUT2D eigenvalue weighted by Gasteiger charge is 2.38. The first-order valence-electron chi connectivity index (χ1n) is 7.09. The summed E-state index contributed by atoms with van der Waals surface area (Å²) in [5, 5.41) is 5.82. The summed E-state index contributed by atoms with van der Waals surface area (Å²) in [5.74, 6) is -0.364. The fourth-order valence-electron chi connectivity index (χ4n) is 2.63. The molecule has 0 unspecified atom stereocenters. The van der Waals surface area contributed by atoms with Crippen LogP contribution in [0.1, 0.15) is 5.56 Å². The number of benzene rings is 2. The number of halogens is 3. The van der Waals surface area contributed by atoms with Crippen molar-refractivity contribution in [2.45, 2.75) is 6.18 Å². The summed E-state index contributed by atoms with van der Waals surface area (Å²) in [6, 6.07) is 11.8. The van der Waals surface area contributed by atoms with Gasteiger partial charge in [-0.1, -0.05) is 12.1 Å². The molecule has 0 aliphatic carbocycles. The smallest absolute Gasteiger partial charge is 0.358 e. The average molecular weight is 332 g/mol. The van der Waals surface area contributed by atoms with Crippen LogP contribution in [0.25, 0.3) is 0 Å². The highest BCUT2D eigenvalue weighted by Crippen LogP contribution is 2.36. The molecule has 1 saturated heterocycles. The first-order valence-corrected chi connectivity index (χ1v) is 7.09. The van der Waals surface area contributed by atoms with Gasteiger partial charge in [0.1, 0.15) is 5.70 Å². The van der Waals surface area contributed by atoms with Gasteiger partial charge in [-0.3, -0.25) is 4.79 Å². The molecule has 0 spiro atoms. The van der Waals surface area contributed by atoms with Crippen molar-refractivity contribution in [2.75, 3.05) is 15.3 Å². The number of para-hydroxylation sites is 2. The van der Waals surface area contributed by atoms with E-state index in [1.807, 2.05) is 24.3 Å². The molecule has 2 aliphatic heterocycles. The third kappa shape index (κ3) is 2.19. The summed E-state index contributed by atoms with van der Waals surface area (Å²) in [5.41, 5.74) is 4.38. The number of alkyl halides is 3. The number of amides is 1. The van der Waals surface area contributed by atoms with Gasteiger partial charge in [-0.2, -0.15) is 13.2 Å². The van der Waals surface area contributed by atoms with E-state index in [9.17, 15) is 18.0 Å². The molecule has 1 fully saturated rings. The maximum absolute atomic E-state index is 12.7. The minimum atomic E-state index is -4.41. The second-order valence-corrected chi connectivity index (χ2v) is 5.31. The Labute approximate surface area is 134 Å². The van der Waals surface area contributed by atoms with Crippen LogP contribution in [0.3, 0.4) is 0 Å². The van der Waals surface area contributed by atoms with Gasteiger partial charge in [-0.15, -0.1) is 5.53 Å². The number of carbonyl (C=O) groups is 1. The van der Waals surface area contributed by atoms with E-state index in [2.05, 4.69) is 10.9 Å². The predicted molar refractivity (Wildman–Crippen MR) is 82.7 cm³/mol. The van der Waals surface area contributed by atoms with E-state index in [0.29, 0.717) is 11.4 Å². The van der Waals surface area contributed by atoms with Crippen LogP contribution in [0, 0.1) is 0 Å². The Kier molecular flexibility index (Phi) is 3.04. The molecule has 2 aromatic carbocycles. The lowest BCUT2D eigenvalue weighted by Gasteiger charge is -2.25. The number of nitrogens with zero attached hydrogens (tertiary/aromatic N) is 2. The number of nitrogens with one attached hydrogen (secondary N) is 2. The van der Waals surface area contributed by atoms with Crippen molar-refractivity contribution in [1.82, 2.24) is 5.53 Å². The summed E-state index contributed by atoms with van der Waals surface area (Å²) in [7, 11) is 0. The lowest BCUT2D eigenvalue weighted by Crippen LogP contribution is -2.41. The SMILES string of the molecule is O=C1C2=CNc3ccccc3N2NN1c1ccc(C(F)(F)F)cc1.